The Morgan fingerprint density at radius 2 is 1.90 bits per heavy atom. The molecule has 1 aromatic carbocycles. The van der Waals surface area contributed by atoms with Gasteiger partial charge in [-0.1, -0.05) is 44.3 Å². The Kier molecular flexibility index (Phi) is 4.78. The van der Waals surface area contributed by atoms with Crippen LogP contribution in [0.15, 0.2) is 30.3 Å². The Morgan fingerprint density at radius 3 is 2.48 bits per heavy atom. The topological polar surface area (TPSA) is 42.1 Å². The molecule has 3 nitrogen and oxygen atoms in total. The van der Waals surface area contributed by atoms with Crippen LogP contribution in [0.3, 0.4) is 0 Å². The lowest BCUT2D eigenvalue weighted by atomic mass is 10.1. The molecule has 0 unspecified atom stereocenters. The summed E-state index contributed by atoms with van der Waals surface area (Å²) in [6.45, 7) is 9.75. The lowest BCUT2D eigenvalue weighted by Crippen LogP contribution is -2.35. The summed E-state index contributed by atoms with van der Waals surface area (Å²) < 4.78 is 0. The molecule has 0 amide bonds. The van der Waals surface area contributed by atoms with E-state index in [1.165, 1.54) is 0 Å². The number of pyridine rings is 1. The molecule has 0 aliphatic heterocycles. The first-order chi connectivity index (χ1) is 9.90. The van der Waals surface area contributed by atoms with Crippen LogP contribution in [0.25, 0.3) is 10.9 Å². The Morgan fingerprint density at radius 1 is 1.24 bits per heavy atom. The Balaban J connectivity index is 2.60. The molecule has 0 bridgehead atoms. The van der Waals surface area contributed by atoms with Crippen molar-refractivity contribution < 1.29 is 0 Å². The third-order valence-corrected chi connectivity index (χ3v) is 3.67. The number of para-hydroxylation sites is 1. The van der Waals surface area contributed by atoms with E-state index in [4.69, 9.17) is 22.9 Å². The Hall–Kier alpha value is -1.68. The summed E-state index contributed by atoms with van der Waals surface area (Å²) in [6, 6.07) is 10.4. The highest BCUT2D eigenvalue weighted by Crippen LogP contribution is 2.25. The molecule has 1 heterocycles. The van der Waals surface area contributed by atoms with Crippen molar-refractivity contribution in [1.82, 2.24) is 4.98 Å². The normalized spacial score (nSPS) is 11.3. The first kappa shape index (κ1) is 15.7. The molecular formula is C17H23N3S. The summed E-state index contributed by atoms with van der Waals surface area (Å²) in [5.41, 5.74) is 7.75. The van der Waals surface area contributed by atoms with Gasteiger partial charge in [0, 0.05) is 23.5 Å². The van der Waals surface area contributed by atoms with Gasteiger partial charge in [-0.3, -0.25) is 0 Å². The molecule has 0 atom stereocenters. The van der Waals surface area contributed by atoms with Gasteiger partial charge in [-0.2, -0.15) is 0 Å². The fourth-order valence-electron chi connectivity index (χ4n) is 2.47. The standard InChI is InChI=1S/C17H23N3S/c1-11(2)10-20(12(3)4)16-9-14(17(18)21)13-7-5-6-8-15(13)19-16/h5-9,11-12H,10H2,1-4H3,(H2,18,21). The zero-order valence-electron chi connectivity index (χ0n) is 13.1. The van der Waals surface area contributed by atoms with Crippen LogP contribution in [0.4, 0.5) is 5.82 Å². The van der Waals surface area contributed by atoms with E-state index in [1.54, 1.807) is 0 Å². The predicted molar refractivity (Wildman–Crippen MR) is 95.0 cm³/mol. The molecule has 0 saturated heterocycles. The van der Waals surface area contributed by atoms with E-state index in [2.05, 4.69) is 32.6 Å². The first-order valence-electron chi connectivity index (χ1n) is 7.36. The molecule has 4 heteroatoms. The highest BCUT2D eigenvalue weighted by molar-refractivity contribution is 7.80. The van der Waals surface area contributed by atoms with Crippen LogP contribution in [0.2, 0.25) is 0 Å². The first-order valence-corrected chi connectivity index (χ1v) is 7.77. The van der Waals surface area contributed by atoms with Gasteiger partial charge >= 0.3 is 0 Å². The second-order valence-electron chi connectivity index (χ2n) is 6.05. The fourth-order valence-corrected chi connectivity index (χ4v) is 2.64. The van der Waals surface area contributed by atoms with E-state index >= 15 is 0 Å². The summed E-state index contributed by atoms with van der Waals surface area (Å²) in [5.74, 6) is 1.51. The lowest BCUT2D eigenvalue weighted by molar-refractivity contribution is 0.567. The summed E-state index contributed by atoms with van der Waals surface area (Å²) >= 11 is 5.22. The number of hydrogen-bond donors (Lipinski definition) is 1. The van der Waals surface area contributed by atoms with Crippen LogP contribution in [0, 0.1) is 5.92 Å². The number of thiocarbonyl (C=S) groups is 1. The molecule has 0 saturated carbocycles. The molecule has 0 aliphatic carbocycles. The summed E-state index contributed by atoms with van der Waals surface area (Å²) in [7, 11) is 0. The molecule has 21 heavy (non-hydrogen) atoms. The Bertz CT molecular complexity index is 650. The molecule has 112 valence electrons. The monoisotopic (exact) mass is 301 g/mol. The lowest BCUT2D eigenvalue weighted by Gasteiger charge is -2.30. The number of hydrogen-bond acceptors (Lipinski definition) is 3. The van der Waals surface area contributed by atoms with Gasteiger partial charge in [0.15, 0.2) is 0 Å². The zero-order chi connectivity index (χ0) is 15.6. The van der Waals surface area contributed by atoms with Crippen molar-refractivity contribution in [3.05, 3.63) is 35.9 Å². The van der Waals surface area contributed by atoms with Gasteiger partial charge < -0.3 is 10.6 Å². The number of fused-ring (bicyclic) bond motifs is 1. The summed E-state index contributed by atoms with van der Waals surface area (Å²) in [4.78, 5) is 7.53. The fraction of sp³-hybridized carbons (Fsp3) is 0.412. The SMILES string of the molecule is CC(C)CN(c1cc(C(N)=S)c2ccccc2n1)C(C)C. The molecular weight excluding hydrogens is 278 g/mol. The number of nitrogens with two attached hydrogens (primary N) is 1. The number of rotatable bonds is 5. The maximum Gasteiger partial charge on any atom is 0.130 e. The van der Waals surface area contributed by atoms with Crippen LogP contribution in [-0.4, -0.2) is 22.6 Å². The molecule has 2 rings (SSSR count). The van der Waals surface area contributed by atoms with Gasteiger partial charge in [-0.15, -0.1) is 0 Å². The van der Waals surface area contributed by atoms with Crippen molar-refractivity contribution in [1.29, 1.82) is 0 Å². The third-order valence-electron chi connectivity index (χ3n) is 3.45. The van der Waals surface area contributed by atoms with Crippen LogP contribution in [-0.2, 0) is 0 Å². The smallest absolute Gasteiger partial charge is 0.130 e. The molecule has 2 aromatic rings. The number of benzene rings is 1. The van der Waals surface area contributed by atoms with Crippen molar-refractivity contribution in [2.24, 2.45) is 11.7 Å². The van der Waals surface area contributed by atoms with Crippen molar-refractivity contribution in [3.8, 4) is 0 Å². The quantitative estimate of drug-likeness (QED) is 0.854. The zero-order valence-corrected chi connectivity index (χ0v) is 13.9. The Labute approximate surface area is 132 Å². The summed E-state index contributed by atoms with van der Waals surface area (Å²) in [5, 5.41) is 1.02. The minimum absolute atomic E-state index is 0.375. The number of aromatic nitrogens is 1. The minimum Gasteiger partial charge on any atom is -0.389 e. The van der Waals surface area contributed by atoms with Crippen molar-refractivity contribution >= 4 is 33.9 Å². The van der Waals surface area contributed by atoms with Gasteiger partial charge in [0.1, 0.15) is 10.8 Å². The maximum absolute atomic E-state index is 5.91. The number of anilines is 1. The van der Waals surface area contributed by atoms with E-state index in [0.717, 1.165) is 28.8 Å². The second kappa shape index (κ2) is 6.39. The molecule has 0 spiro atoms. The molecule has 0 aliphatic rings. The largest absolute Gasteiger partial charge is 0.389 e. The molecule has 1 aromatic heterocycles. The van der Waals surface area contributed by atoms with E-state index in [1.807, 2.05) is 30.3 Å². The number of nitrogens with zero attached hydrogens (tertiary/aromatic N) is 2. The van der Waals surface area contributed by atoms with Crippen LogP contribution in [0.5, 0.6) is 0 Å². The molecule has 0 fully saturated rings. The predicted octanol–water partition coefficient (Wildman–Crippen LogP) is 3.74. The van der Waals surface area contributed by atoms with Crippen LogP contribution < -0.4 is 10.6 Å². The average molecular weight is 301 g/mol. The van der Waals surface area contributed by atoms with Crippen molar-refractivity contribution in [2.45, 2.75) is 33.7 Å². The van der Waals surface area contributed by atoms with E-state index in [9.17, 15) is 0 Å². The van der Waals surface area contributed by atoms with Gasteiger partial charge in [0.05, 0.1) is 5.52 Å². The average Bonchev–Trinajstić information content (AvgIpc) is 2.42. The van der Waals surface area contributed by atoms with Crippen molar-refractivity contribution in [3.63, 3.8) is 0 Å². The highest BCUT2D eigenvalue weighted by Gasteiger charge is 2.16. The summed E-state index contributed by atoms with van der Waals surface area (Å²) in [6.07, 6.45) is 0. The van der Waals surface area contributed by atoms with Gasteiger partial charge in [0.2, 0.25) is 0 Å². The van der Waals surface area contributed by atoms with Crippen molar-refractivity contribution in [2.75, 3.05) is 11.4 Å². The van der Waals surface area contributed by atoms with Gasteiger partial charge in [-0.25, -0.2) is 4.98 Å². The van der Waals surface area contributed by atoms with Crippen LogP contribution in [0.1, 0.15) is 33.3 Å². The minimum atomic E-state index is 0.375. The second-order valence-corrected chi connectivity index (χ2v) is 6.49. The third kappa shape index (κ3) is 3.50. The van der Waals surface area contributed by atoms with Gasteiger partial charge in [-0.05, 0) is 31.9 Å². The van der Waals surface area contributed by atoms with E-state index < -0.39 is 0 Å². The maximum atomic E-state index is 5.91. The van der Waals surface area contributed by atoms with Crippen LogP contribution >= 0.6 is 12.2 Å². The molecule has 2 N–H and O–H groups in total. The molecule has 0 radical (unpaired) electrons. The van der Waals surface area contributed by atoms with E-state index in [0.29, 0.717) is 16.9 Å². The van der Waals surface area contributed by atoms with Gasteiger partial charge in [0.25, 0.3) is 0 Å². The van der Waals surface area contributed by atoms with E-state index in [-0.39, 0.29) is 0 Å². The highest BCUT2D eigenvalue weighted by atomic mass is 32.1.